The average molecular weight is 246 g/mol. The van der Waals surface area contributed by atoms with Crippen LogP contribution in [-0.4, -0.2) is 9.55 Å². The van der Waals surface area contributed by atoms with Crippen LogP contribution in [0.5, 0.6) is 0 Å². The molecular formula is C14H18N2S. The van der Waals surface area contributed by atoms with Gasteiger partial charge in [-0.1, -0.05) is 43.7 Å². The van der Waals surface area contributed by atoms with Gasteiger partial charge in [0.05, 0.1) is 6.54 Å². The largest absolute Gasteiger partial charge is 0.337 e. The summed E-state index contributed by atoms with van der Waals surface area (Å²) in [5, 5.41) is 0. The summed E-state index contributed by atoms with van der Waals surface area (Å²) < 4.78 is 2.98. The molecular weight excluding hydrogens is 228 g/mol. The molecule has 0 bridgehead atoms. The van der Waals surface area contributed by atoms with Crippen LogP contribution in [0.25, 0.3) is 0 Å². The topological polar surface area (TPSA) is 20.7 Å². The van der Waals surface area contributed by atoms with Gasteiger partial charge in [0.1, 0.15) is 0 Å². The molecule has 2 nitrogen and oxygen atoms in total. The highest BCUT2D eigenvalue weighted by molar-refractivity contribution is 7.71. The smallest absolute Gasteiger partial charge is 0.177 e. The Bertz CT molecular complexity index is 564. The molecule has 0 radical (unpaired) electrons. The fraction of sp³-hybridized carbons (Fsp3) is 0.357. The van der Waals surface area contributed by atoms with Gasteiger partial charge in [0.15, 0.2) is 4.77 Å². The molecule has 1 aromatic carbocycles. The van der Waals surface area contributed by atoms with E-state index in [9.17, 15) is 0 Å². The van der Waals surface area contributed by atoms with Crippen molar-refractivity contribution >= 4 is 12.2 Å². The second kappa shape index (κ2) is 4.88. The first-order valence-electron chi connectivity index (χ1n) is 5.91. The van der Waals surface area contributed by atoms with Crippen LogP contribution in [0.3, 0.4) is 0 Å². The van der Waals surface area contributed by atoms with Gasteiger partial charge in [-0.15, -0.1) is 0 Å². The van der Waals surface area contributed by atoms with Crippen LogP contribution in [0.1, 0.15) is 36.6 Å². The van der Waals surface area contributed by atoms with E-state index in [0.717, 1.165) is 11.3 Å². The lowest BCUT2D eigenvalue weighted by Crippen LogP contribution is -2.05. The summed E-state index contributed by atoms with van der Waals surface area (Å²) in [6, 6.07) is 8.56. The fourth-order valence-corrected chi connectivity index (χ4v) is 2.27. The molecule has 0 saturated heterocycles. The van der Waals surface area contributed by atoms with Crippen LogP contribution < -0.4 is 0 Å². The van der Waals surface area contributed by atoms with Crippen molar-refractivity contribution in [3.63, 3.8) is 0 Å². The van der Waals surface area contributed by atoms with Crippen LogP contribution in [0.2, 0.25) is 0 Å². The number of aryl methyl sites for hydroxylation is 1. The number of benzene rings is 1. The maximum Gasteiger partial charge on any atom is 0.177 e. The van der Waals surface area contributed by atoms with Crippen molar-refractivity contribution in [2.75, 3.05) is 0 Å². The van der Waals surface area contributed by atoms with E-state index in [1.807, 2.05) is 6.20 Å². The molecule has 1 N–H and O–H groups in total. The van der Waals surface area contributed by atoms with Gasteiger partial charge in [-0.05, 0) is 30.6 Å². The first-order chi connectivity index (χ1) is 8.08. The van der Waals surface area contributed by atoms with Gasteiger partial charge in [-0.25, -0.2) is 0 Å². The number of imidazole rings is 1. The zero-order chi connectivity index (χ0) is 12.4. The van der Waals surface area contributed by atoms with Crippen LogP contribution in [0.4, 0.5) is 0 Å². The molecule has 0 spiro atoms. The first-order valence-corrected chi connectivity index (χ1v) is 6.32. The Kier molecular flexibility index (Phi) is 3.48. The van der Waals surface area contributed by atoms with Crippen molar-refractivity contribution in [2.45, 2.75) is 33.2 Å². The maximum atomic E-state index is 5.33. The van der Waals surface area contributed by atoms with Crippen molar-refractivity contribution in [2.24, 2.45) is 0 Å². The Hall–Kier alpha value is -1.35. The summed E-state index contributed by atoms with van der Waals surface area (Å²) in [5.74, 6) is 0.479. The molecule has 0 aliphatic rings. The molecule has 0 aliphatic carbocycles. The molecule has 3 heteroatoms. The van der Waals surface area contributed by atoms with Gasteiger partial charge in [-0.2, -0.15) is 0 Å². The van der Waals surface area contributed by atoms with E-state index >= 15 is 0 Å². The summed E-state index contributed by atoms with van der Waals surface area (Å²) in [7, 11) is 0. The zero-order valence-corrected chi connectivity index (χ0v) is 11.3. The lowest BCUT2D eigenvalue weighted by atomic mass is 10.1. The minimum Gasteiger partial charge on any atom is -0.337 e. The number of aromatic nitrogens is 2. The van der Waals surface area contributed by atoms with Crippen LogP contribution >= 0.6 is 12.2 Å². The van der Waals surface area contributed by atoms with E-state index in [1.165, 1.54) is 16.8 Å². The molecule has 1 aromatic heterocycles. The Balaban J connectivity index is 2.36. The van der Waals surface area contributed by atoms with Gasteiger partial charge < -0.3 is 9.55 Å². The summed E-state index contributed by atoms with van der Waals surface area (Å²) >= 11 is 5.33. The highest BCUT2D eigenvalue weighted by Gasteiger charge is 2.08. The summed E-state index contributed by atoms with van der Waals surface area (Å²) in [6.07, 6.45) is 2.02. The van der Waals surface area contributed by atoms with Crippen LogP contribution in [0, 0.1) is 11.7 Å². The molecule has 2 aromatic rings. The van der Waals surface area contributed by atoms with Gasteiger partial charge in [0.2, 0.25) is 0 Å². The Morgan fingerprint density at radius 2 is 2.12 bits per heavy atom. The van der Waals surface area contributed by atoms with E-state index in [4.69, 9.17) is 12.2 Å². The quantitative estimate of drug-likeness (QED) is 0.811. The molecule has 0 amide bonds. The standard InChI is InChI=1S/C14H18N2S/c1-10(2)13-8-15-14(17)16(13)9-12-6-4-5-11(3)7-12/h4-8,10H,9H2,1-3H3,(H,15,17). The number of nitrogens with one attached hydrogen (secondary N) is 1. The minimum absolute atomic E-state index is 0.479. The number of nitrogens with zero attached hydrogens (tertiary/aromatic N) is 1. The highest BCUT2D eigenvalue weighted by atomic mass is 32.1. The third-order valence-corrected chi connectivity index (χ3v) is 3.25. The molecule has 0 aliphatic heterocycles. The SMILES string of the molecule is Cc1cccc(Cn2c(C(C)C)c[nH]c2=S)c1. The predicted molar refractivity (Wildman–Crippen MR) is 74.0 cm³/mol. The number of H-pyrrole nitrogens is 1. The molecule has 17 heavy (non-hydrogen) atoms. The molecule has 2 rings (SSSR count). The van der Waals surface area contributed by atoms with Gasteiger partial charge in [0.25, 0.3) is 0 Å². The van der Waals surface area contributed by atoms with Crippen molar-refractivity contribution in [3.05, 3.63) is 52.1 Å². The third kappa shape index (κ3) is 2.67. The van der Waals surface area contributed by atoms with Gasteiger partial charge >= 0.3 is 0 Å². The summed E-state index contributed by atoms with van der Waals surface area (Å²) in [4.78, 5) is 3.13. The summed E-state index contributed by atoms with van der Waals surface area (Å²) in [5.41, 5.74) is 3.84. The summed E-state index contributed by atoms with van der Waals surface area (Å²) in [6.45, 7) is 7.33. The van der Waals surface area contributed by atoms with Gasteiger partial charge in [-0.3, -0.25) is 0 Å². The Morgan fingerprint density at radius 1 is 1.35 bits per heavy atom. The van der Waals surface area contributed by atoms with E-state index < -0.39 is 0 Å². The van der Waals surface area contributed by atoms with Crippen molar-refractivity contribution in [1.29, 1.82) is 0 Å². The second-order valence-corrected chi connectivity index (χ2v) is 5.14. The maximum absolute atomic E-state index is 5.33. The van der Waals surface area contributed by atoms with Crippen molar-refractivity contribution in [3.8, 4) is 0 Å². The molecule has 90 valence electrons. The molecule has 0 saturated carbocycles. The molecule has 1 heterocycles. The predicted octanol–water partition coefficient (Wildman–Crippen LogP) is 4.03. The molecule has 0 atom stereocenters. The second-order valence-electron chi connectivity index (χ2n) is 4.75. The minimum atomic E-state index is 0.479. The first kappa shape index (κ1) is 12.1. The normalized spacial score (nSPS) is 11.1. The van der Waals surface area contributed by atoms with E-state index in [1.54, 1.807) is 0 Å². The fourth-order valence-electron chi connectivity index (χ4n) is 2.04. The van der Waals surface area contributed by atoms with Crippen molar-refractivity contribution in [1.82, 2.24) is 9.55 Å². The number of rotatable bonds is 3. The van der Waals surface area contributed by atoms with Gasteiger partial charge in [0, 0.05) is 11.9 Å². The number of aromatic amines is 1. The van der Waals surface area contributed by atoms with Crippen LogP contribution in [0.15, 0.2) is 30.5 Å². The lowest BCUT2D eigenvalue weighted by molar-refractivity contribution is 0.684. The number of hydrogen-bond acceptors (Lipinski definition) is 1. The van der Waals surface area contributed by atoms with Crippen LogP contribution in [-0.2, 0) is 6.54 Å². The average Bonchev–Trinajstić information content (AvgIpc) is 2.61. The highest BCUT2D eigenvalue weighted by Crippen LogP contribution is 2.16. The van der Waals surface area contributed by atoms with E-state index in [0.29, 0.717) is 5.92 Å². The molecule has 0 fully saturated rings. The number of hydrogen-bond donors (Lipinski definition) is 1. The Labute approximate surface area is 107 Å². The lowest BCUT2D eigenvalue weighted by Gasteiger charge is -2.11. The monoisotopic (exact) mass is 246 g/mol. The van der Waals surface area contributed by atoms with E-state index in [2.05, 4.69) is 54.6 Å². The molecule has 0 unspecified atom stereocenters. The van der Waals surface area contributed by atoms with Crippen molar-refractivity contribution < 1.29 is 0 Å². The zero-order valence-electron chi connectivity index (χ0n) is 10.5. The Morgan fingerprint density at radius 3 is 2.76 bits per heavy atom. The third-order valence-electron chi connectivity index (χ3n) is 2.92. The van der Waals surface area contributed by atoms with E-state index in [-0.39, 0.29) is 0 Å².